The fourth-order valence-corrected chi connectivity index (χ4v) is 4.29. The Bertz CT molecular complexity index is 1100. The van der Waals surface area contributed by atoms with Gasteiger partial charge in [0, 0.05) is 23.9 Å². The number of carbonyl (C=O) groups excluding carboxylic acids is 3. The first-order chi connectivity index (χ1) is 16.7. The number of thioether (sulfide) groups is 1. The Hall–Kier alpha value is -3.14. The summed E-state index contributed by atoms with van der Waals surface area (Å²) < 4.78 is 29.8. The molecule has 1 aliphatic carbocycles. The zero-order chi connectivity index (χ0) is 25.5. The third-order valence-electron chi connectivity index (χ3n) is 5.85. The summed E-state index contributed by atoms with van der Waals surface area (Å²) in [6.07, 6.45) is 4.11. The molecule has 0 saturated heterocycles. The number of ether oxygens (including phenoxy) is 3. The number of carbonyl (C=O) groups is 3. The molecule has 1 aliphatic rings. The Kier molecular flexibility index (Phi) is 9.08. The highest BCUT2D eigenvalue weighted by molar-refractivity contribution is 7.98. The molecule has 2 unspecified atom stereocenters. The van der Waals surface area contributed by atoms with Crippen LogP contribution in [-0.4, -0.2) is 54.1 Å². The van der Waals surface area contributed by atoms with Crippen LogP contribution in [0.5, 0.6) is 11.5 Å². The fourth-order valence-electron chi connectivity index (χ4n) is 3.92. The van der Waals surface area contributed by atoms with Crippen molar-refractivity contribution in [2.24, 2.45) is 0 Å². The van der Waals surface area contributed by atoms with Crippen molar-refractivity contribution in [1.29, 1.82) is 0 Å². The maximum absolute atomic E-state index is 13.5. The first-order valence-corrected chi connectivity index (χ1v) is 12.7. The van der Waals surface area contributed by atoms with Crippen molar-refractivity contribution in [1.82, 2.24) is 10.3 Å². The normalized spacial score (nSPS) is 17.6. The first kappa shape index (κ1) is 26.5. The number of amides is 1. The third-order valence-corrected chi connectivity index (χ3v) is 6.46. The van der Waals surface area contributed by atoms with Crippen molar-refractivity contribution in [3.05, 3.63) is 53.1 Å². The largest absolute Gasteiger partial charge is 0.493 e. The van der Waals surface area contributed by atoms with E-state index in [9.17, 15) is 18.8 Å². The van der Waals surface area contributed by atoms with Gasteiger partial charge in [0.2, 0.25) is 5.75 Å². The van der Waals surface area contributed by atoms with E-state index in [0.29, 0.717) is 18.6 Å². The fraction of sp³-hybridized carbons (Fsp3) is 0.440. The summed E-state index contributed by atoms with van der Waals surface area (Å²) in [7, 11) is 1.38. The van der Waals surface area contributed by atoms with E-state index in [1.165, 1.54) is 50.2 Å². The predicted octanol–water partition coefficient (Wildman–Crippen LogP) is 3.67. The summed E-state index contributed by atoms with van der Waals surface area (Å²) in [4.78, 5) is 41.9. The molecular formula is C25H29FN2O6S. The maximum Gasteiger partial charge on any atom is 0.328 e. The molecule has 3 rings (SSSR count). The van der Waals surface area contributed by atoms with Gasteiger partial charge in [-0.05, 0) is 49.3 Å². The summed E-state index contributed by atoms with van der Waals surface area (Å²) in [6.45, 7) is 3.43. The van der Waals surface area contributed by atoms with E-state index in [1.807, 2.05) is 13.2 Å². The lowest BCUT2D eigenvalue weighted by atomic mass is 9.82. The van der Waals surface area contributed by atoms with E-state index in [1.54, 1.807) is 6.07 Å². The van der Waals surface area contributed by atoms with Gasteiger partial charge in [0.25, 0.3) is 5.91 Å². The molecule has 8 nitrogen and oxygen atoms in total. The van der Waals surface area contributed by atoms with E-state index in [2.05, 4.69) is 10.3 Å². The molecule has 1 aromatic heterocycles. The topological polar surface area (TPSA) is 104 Å². The van der Waals surface area contributed by atoms with Crippen LogP contribution in [0.15, 0.2) is 30.5 Å². The maximum atomic E-state index is 13.5. The number of pyridine rings is 1. The second kappa shape index (κ2) is 12.0. The number of fused-ring (bicyclic) bond motifs is 1. The number of hydrogen-bond acceptors (Lipinski definition) is 8. The molecular weight excluding hydrogens is 475 g/mol. The number of hydrogen-bond donors (Lipinski definition) is 1. The quantitative estimate of drug-likeness (QED) is 0.516. The van der Waals surface area contributed by atoms with E-state index in [0.717, 1.165) is 11.1 Å². The first-order valence-electron chi connectivity index (χ1n) is 11.3. The molecule has 2 aromatic rings. The van der Waals surface area contributed by atoms with Crippen LogP contribution in [0.4, 0.5) is 4.39 Å². The Balaban J connectivity index is 1.67. The van der Waals surface area contributed by atoms with Crippen molar-refractivity contribution in [3.8, 4) is 11.5 Å². The Morgan fingerprint density at radius 1 is 1.29 bits per heavy atom. The molecule has 1 aromatic carbocycles. The molecule has 35 heavy (non-hydrogen) atoms. The van der Waals surface area contributed by atoms with Gasteiger partial charge in [0.1, 0.15) is 18.0 Å². The summed E-state index contributed by atoms with van der Waals surface area (Å²) in [5.74, 6) is -1.63. The lowest BCUT2D eigenvalue weighted by Gasteiger charge is -2.31. The molecule has 3 atom stereocenters. The zero-order valence-corrected chi connectivity index (χ0v) is 20.9. The number of methoxy groups -OCH3 is 1. The molecule has 10 heteroatoms. The molecule has 0 radical (unpaired) electrons. The van der Waals surface area contributed by atoms with Crippen LogP contribution in [0.2, 0.25) is 0 Å². The molecule has 1 N–H and O–H groups in total. The highest BCUT2D eigenvalue weighted by Gasteiger charge is 2.32. The molecule has 1 amide bonds. The molecule has 1 heterocycles. The van der Waals surface area contributed by atoms with E-state index in [-0.39, 0.29) is 35.3 Å². The number of nitrogens with zero attached hydrogens (tertiary/aromatic N) is 1. The average molecular weight is 505 g/mol. The van der Waals surface area contributed by atoms with Crippen LogP contribution >= 0.6 is 11.8 Å². The minimum Gasteiger partial charge on any atom is -0.493 e. The summed E-state index contributed by atoms with van der Waals surface area (Å²) in [5, 5.41) is 2.56. The van der Waals surface area contributed by atoms with Crippen molar-refractivity contribution in [2.45, 2.75) is 51.2 Å². The lowest BCUT2D eigenvalue weighted by Crippen LogP contribution is -2.42. The number of rotatable bonds is 9. The van der Waals surface area contributed by atoms with Crippen molar-refractivity contribution in [2.75, 3.05) is 19.1 Å². The SMILES string of the molecule is COc1ccnc(C(=O)N[C@@H](C)C(=O)OC2CCc3cc(F)ccc3C2C)c1OC(=O)CCSC. The number of nitrogens with one attached hydrogen (secondary N) is 1. The molecule has 0 bridgehead atoms. The predicted molar refractivity (Wildman–Crippen MR) is 129 cm³/mol. The number of benzene rings is 1. The third kappa shape index (κ3) is 6.50. The number of esters is 2. The second-order valence-corrected chi connectivity index (χ2v) is 9.23. The number of aryl methyl sites for hydroxylation is 1. The minimum absolute atomic E-state index is 0.107. The van der Waals surface area contributed by atoms with E-state index in [4.69, 9.17) is 14.2 Å². The van der Waals surface area contributed by atoms with Crippen LogP contribution in [0.3, 0.4) is 0 Å². The van der Waals surface area contributed by atoms with Gasteiger partial charge < -0.3 is 19.5 Å². The summed E-state index contributed by atoms with van der Waals surface area (Å²) >= 11 is 1.49. The van der Waals surface area contributed by atoms with Gasteiger partial charge in [-0.15, -0.1) is 0 Å². The Morgan fingerprint density at radius 2 is 2.06 bits per heavy atom. The van der Waals surface area contributed by atoms with Crippen LogP contribution in [0, 0.1) is 5.82 Å². The Morgan fingerprint density at radius 3 is 2.77 bits per heavy atom. The standard InChI is InChI=1S/C25H29FN2O6S/c1-14-18-7-6-17(26)13-16(18)5-8-19(14)33-25(31)15(2)28-24(30)22-23(20(32-3)9-11-27-22)34-21(29)10-12-35-4/h6-7,9,11,13-15,19H,5,8,10,12H2,1-4H3,(H,28,30)/t14?,15-,19?/m0/s1. The van der Waals surface area contributed by atoms with Gasteiger partial charge in [-0.3, -0.25) is 9.59 Å². The monoisotopic (exact) mass is 504 g/mol. The molecule has 0 saturated carbocycles. The Labute approximate surface area is 207 Å². The van der Waals surface area contributed by atoms with E-state index < -0.39 is 30.0 Å². The molecule has 0 spiro atoms. The van der Waals surface area contributed by atoms with Crippen molar-refractivity contribution < 1.29 is 33.0 Å². The molecule has 0 fully saturated rings. The summed E-state index contributed by atoms with van der Waals surface area (Å²) in [5.41, 5.74) is 1.68. The van der Waals surface area contributed by atoms with Gasteiger partial charge in [0.15, 0.2) is 11.4 Å². The van der Waals surface area contributed by atoms with Gasteiger partial charge in [-0.1, -0.05) is 13.0 Å². The van der Waals surface area contributed by atoms with Crippen molar-refractivity contribution >= 4 is 29.6 Å². The average Bonchev–Trinajstić information content (AvgIpc) is 2.84. The number of halogens is 1. The van der Waals surface area contributed by atoms with E-state index >= 15 is 0 Å². The second-order valence-electron chi connectivity index (χ2n) is 8.25. The highest BCUT2D eigenvalue weighted by Crippen LogP contribution is 2.34. The smallest absolute Gasteiger partial charge is 0.328 e. The summed E-state index contributed by atoms with van der Waals surface area (Å²) in [6, 6.07) is 5.11. The van der Waals surface area contributed by atoms with Gasteiger partial charge in [0.05, 0.1) is 13.5 Å². The number of aromatic nitrogens is 1. The van der Waals surface area contributed by atoms with Crippen LogP contribution < -0.4 is 14.8 Å². The van der Waals surface area contributed by atoms with Crippen molar-refractivity contribution in [3.63, 3.8) is 0 Å². The van der Waals surface area contributed by atoms with Crippen LogP contribution in [0.1, 0.15) is 54.2 Å². The van der Waals surface area contributed by atoms with Crippen LogP contribution in [0.25, 0.3) is 0 Å². The van der Waals surface area contributed by atoms with Gasteiger partial charge in [-0.25, -0.2) is 14.2 Å². The molecule has 0 aliphatic heterocycles. The minimum atomic E-state index is -0.989. The molecule has 188 valence electrons. The lowest BCUT2D eigenvalue weighted by molar-refractivity contribution is -0.152. The van der Waals surface area contributed by atoms with Gasteiger partial charge >= 0.3 is 11.9 Å². The van der Waals surface area contributed by atoms with Gasteiger partial charge in [-0.2, -0.15) is 11.8 Å². The zero-order valence-electron chi connectivity index (χ0n) is 20.1. The highest BCUT2D eigenvalue weighted by atomic mass is 32.2. The van der Waals surface area contributed by atoms with Crippen LogP contribution in [-0.2, 0) is 20.7 Å².